The average Bonchev–Trinajstić information content (AvgIpc) is 2.94. The van der Waals surface area contributed by atoms with Crippen molar-refractivity contribution >= 4 is 0 Å². The summed E-state index contributed by atoms with van der Waals surface area (Å²) in [7, 11) is 5.15. The Balaban J connectivity index is 2.24. The minimum Gasteiger partial charge on any atom is -0.497 e. The molecule has 5 nitrogen and oxygen atoms in total. The fourth-order valence-electron chi connectivity index (χ4n) is 5.44. The van der Waals surface area contributed by atoms with Gasteiger partial charge in [0.1, 0.15) is 11.5 Å². The fourth-order valence-corrected chi connectivity index (χ4v) is 5.44. The van der Waals surface area contributed by atoms with Crippen molar-refractivity contribution in [3.8, 4) is 17.6 Å². The van der Waals surface area contributed by atoms with Gasteiger partial charge < -0.3 is 9.47 Å². The molecule has 0 bridgehead atoms. The Morgan fingerprint density at radius 1 is 0.865 bits per heavy atom. The summed E-state index contributed by atoms with van der Waals surface area (Å²) in [6, 6.07) is 19.4. The van der Waals surface area contributed by atoms with Gasteiger partial charge in [-0.1, -0.05) is 63.8 Å². The van der Waals surface area contributed by atoms with Crippen molar-refractivity contribution in [2.45, 2.75) is 95.9 Å². The molecule has 2 unspecified atom stereocenters. The van der Waals surface area contributed by atoms with E-state index in [9.17, 15) is 5.26 Å². The molecule has 0 aliphatic rings. The number of rotatable bonds is 18. The van der Waals surface area contributed by atoms with Gasteiger partial charge in [-0.2, -0.15) is 15.5 Å². The summed E-state index contributed by atoms with van der Waals surface area (Å²) in [5, 5.41) is 19.5. The van der Waals surface area contributed by atoms with Gasteiger partial charge in [0.15, 0.2) is 0 Å². The molecule has 0 radical (unpaired) electrons. The molecule has 0 aliphatic carbocycles. The lowest BCUT2D eigenvalue weighted by atomic mass is 9.65. The van der Waals surface area contributed by atoms with E-state index in [0.29, 0.717) is 5.92 Å². The molecule has 0 N–H and O–H groups in total. The van der Waals surface area contributed by atoms with Crippen LogP contribution in [-0.2, 0) is 11.8 Å². The molecular formula is C32H47N3O2. The summed E-state index contributed by atoms with van der Waals surface area (Å²) in [6.07, 6.45) is 11.3. The van der Waals surface area contributed by atoms with E-state index in [2.05, 4.69) is 54.4 Å². The highest BCUT2D eigenvalue weighted by Gasteiger charge is 2.40. The second kappa shape index (κ2) is 16.8. The number of hydrogen-bond acceptors (Lipinski definition) is 5. The summed E-state index contributed by atoms with van der Waals surface area (Å²) in [4.78, 5) is 0. The molecule has 2 rings (SSSR count). The minimum atomic E-state index is -0.528. The average molecular weight is 506 g/mol. The second-order valence-corrected chi connectivity index (χ2v) is 10.0. The first kappa shape index (κ1) is 30.4. The van der Waals surface area contributed by atoms with Gasteiger partial charge in [0.2, 0.25) is 0 Å². The summed E-state index contributed by atoms with van der Waals surface area (Å²) >= 11 is 0. The highest BCUT2D eigenvalue weighted by Crippen LogP contribution is 2.43. The van der Waals surface area contributed by atoms with Crippen molar-refractivity contribution < 1.29 is 9.47 Å². The van der Waals surface area contributed by atoms with Crippen LogP contribution in [0.3, 0.4) is 0 Å². The number of aryl methyl sites for hydroxylation is 1. The molecule has 2 aromatic carbocycles. The third-order valence-electron chi connectivity index (χ3n) is 7.58. The molecule has 0 amide bonds. The predicted octanol–water partition coefficient (Wildman–Crippen LogP) is 8.72. The van der Waals surface area contributed by atoms with Crippen molar-refractivity contribution in [1.29, 1.82) is 5.26 Å². The second-order valence-electron chi connectivity index (χ2n) is 10.0. The Kier molecular flexibility index (Phi) is 13.8. The van der Waals surface area contributed by atoms with Gasteiger partial charge in [0.25, 0.3) is 0 Å². The highest BCUT2D eigenvalue weighted by atomic mass is 16.5. The van der Waals surface area contributed by atoms with Crippen LogP contribution in [0, 0.1) is 17.2 Å². The quantitative estimate of drug-likeness (QED) is 0.190. The largest absolute Gasteiger partial charge is 0.497 e. The molecule has 202 valence electrons. The van der Waals surface area contributed by atoms with Gasteiger partial charge >= 0.3 is 0 Å². The van der Waals surface area contributed by atoms with Crippen LogP contribution in [0.25, 0.3) is 0 Å². The third kappa shape index (κ3) is 9.18. The maximum absolute atomic E-state index is 10.8. The van der Waals surface area contributed by atoms with Crippen LogP contribution in [0.2, 0.25) is 0 Å². The first-order valence-corrected chi connectivity index (χ1v) is 14.0. The number of nitriles is 1. The third-order valence-corrected chi connectivity index (χ3v) is 7.58. The van der Waals surface area contributed by atoms with E-state index in [1.54, 1.807) is 21.3 Å². The lowest BCUT2D eigenvalue weighted by Crippen LogP contribution is -2.34. The SMILES string of the molecule is CCCCC(CCCC)C(C#N)(CCCC(CCc1cccc(OC)c1)N=NC)c1cccc(OC)c1. The molecule has 0 aromatic heterocycles. The predicted molar refractivity (Wildman–Crippen MR) is 153 cm³/mol. The summed E-state index contributed by atoms with van der Waals surface area (Å²) in [5.41, 5.74) is 1.81. The lowest BCUT2D eigenvalue weighted by Gasteiger charge is -2.36. The monoisotopic (exact) mass is 505 g/mol. The van der Waals surface area contributed by atoms with Gasteiger partial charge in [-0.25, -0.2) is 0 Å². The number of ether oxygens (including phenoxy) is 2. The van der Waals surface area contributed by atoms with E-state index < -0.39 is 5.41 Å². The Morgan fingerprint density at radius 3 is 2.11 bits per heavy atom. The van der Waals surface area contributed by atoms with E-state index in [1.807, 2.05) is 24.3 Å². The number of benzene rings is 2. The van der Waals surface area contributed by atoms with Gasteiger partial charge in [-0.05, 0) is 86.3 Å². The Morgan fingerprint density at radius 2 is 1.51 bits per heavy atom. The normalized spacial score (nSPS) is 13.9. The molecule has 0 aliphatic heterocycles. The number of nitrogens with zero attached hydrogens (tertiary/aromatic N) is 3. The molecule has 2 atom stereocenters. The topological polar surface area (TPSA) is 67.0 Å². The van der Waals surface area contributed by atoms with E-state index in [0.717, 1.165) is 87.7 Å². The molecule has 37 heavy (non-hydrogen) atoms. The standard InChI is InChI=1S/C32H47N3O2/c1-6-8-14-27(15-9-7-2)32(25-33,28-16-11-19-31(24-28)37-5)22-12-17-29(35-34-3)21-20-26-13-10-18-30(23-26)36-4/h10-11,13,16,18-19,23-24,27,29H,6-9,12,14-15,17,20-22H2,1-5H3. The molecule has 0 saturated heterocycles. The first-order chi connectivity index (χ1) is 18.1. The molecule has 0 spiro atoms. The fraction of sp³-hybridized carbons (Fsp3) is 0.594. The number of unbranched alkanes of at least 4 members (excludes halogenated alkanes) is 2. The highest BCUT2D eigenvalue weighted by molar-refractivity contribution is 5.39. The zero-order valence-electron chi connectivity index (χ0n) is 23.7. The van der Waals surface area contributed by atoms with Crippen molar-refractivity contribution in [3.05, 3.63) is 59.7 Å². The van der Waals surface area contributed by atoms with Gasteiger partial charge in [-0.15, -0.1) is 0 Å². The van der Waals surface area contributed by atoms with Crippen molar-refractivity contribution in [1.82, 2.24) is 0 Å². The van der Waals surface area contributed by atoms with Crippen LogP contribution < -0.4 is 9.47 Å². The van der Waals surface area contributed by atoms with Crippen LogP contribution >= 0.6 is 0 Å². The van der Waals surface area contributed by atoms with Crippen LogP contribution in [0.15, 0.2) is 58.8 Å². The Bertz CT molecular complexity index is 976. The molecule has 0 heterocycles. The van der Waals surface area contributed by atoms with Gasteiger partial charge in [0.05, 0.1) is 31.7 Å². The van der Waals surface area contributed by atoms with Crippen molar-refractivity contribution in [2.24, 2.45) is 16.1 Å². The summed E-state index contributed by atoms with van der Waals surface area (Å²) < 4.78 is 10.9. The molecule has 0 fully saturated rings. The molecule has 0 saturated carbocycles. The van der Waals surface area contributed by atoms with Crippen molar-refractivity contribution in [2.75, 3.05) is 21.3 Å². The molecular weight excluding hydrogens is 458 g/mol. The molecule has 2 aromatic rings. The van der Waals surface area contributed by atoms with E-state index in [-0.39, 0.29) is 6.04 Å². The Hall–Kier alpha value is -2.87. The Labute approximate surface area is 225 Å². The smallest absolute Gasteiger partial charge is 0.119 e. The lowest BCUT2D eigenvalue weighted by molar-refractivity contribution is 0.261. The van der Waals surface area contributed by atoms with Gasteiger partial charge in [0, 0.05) is 7.05 Å². The number of methoxy groups -OCH3 is 2. The van der Waals surface area contributed by atoms with Gasteiger partial charge in [-0.3, -0.25) is 0 Å². The maximum Gasteiger partial charge on any atom is 0.119 e. The van der Waals surface area contributed by atoms with Crippen LogP contribution in [0.5, 0.6) is 11.5 Å². The maximum atomic E-state index is 10.8. The van der Waals surface area contributed by atoms with E-state index >= 15 is 0 Å². The zero-order valence-corrected chi connectivity index (χ0v) is 23.7. The number of hydrogen-bond donors (Lipinski definition) is 0. The van der Waals surface area contributed by atoms with Crippen molar-refractivity contribution in [3.63, 3.8) is 0 Å². The van der Waals surface area contributed by atoms with E-state index in [1.165, 1.54) is 5.56 Å². The zero-order chi connectivity index (χ0) is 26.9. The minimum absolute atomic E-state index is 0.141. The van der Waals surface area contributed by atoms with Crippen LogP contribution in [0.1, 0.15) is 89.2 Å². The summed E-state index contributed by atoms with van der Waals surface area (Å²) in [5.74, 6) is 2.03. The number of azo groups is 1. The van der Waals surface area contributed by atoms with Crippen LogP contribution in [0.4, 0.5) is 0 Å². The molecule has 5 heteroatoms. The summed E-state index contributed by atoms with van der Waals surface area (Å²) in [6.45, 7) is 4.47. The first-order valence-electron chi connectivity index (χ1n) is 14.0. The van der Waals surface area contributed by atoms with Crippen LogP contribution in [-0.4, -0.2) is 27.3 Å². The van der Waals surface area contributed by atoms with E-state index in [4.69, 9.17) is 9.47 Å².